The minimum Gasteiger partial charge on any atom is -0.503 e. The lowest BCUT2D eigenvalue weighted by atomic mass is 9.95. The van der Waals surface area contributed by atoms with Gasteiger partial charge in [0.2, 0.25) is 5.43 Å². The largest absolute Gasteiger partial charge is 0.503 e. The maximum atomic E-state index is 11.5. The van der Waals surface area contributed by atoms with Gasteiger partial charge in [-0.1, -0.05) is 6.07 Å². The normalized spacial score (nSPS) is 10.9. The van der Waals surface area contributed by atoms with Crippen LogP contribution >= 0.6 is 0 Å². The Morgan fingerprint density at radius 3 is 2.21 bits per heavy atom. The Labute approximate surface area is 111 Å². The van der Waals surface area contributed by atoms with Crippen molar-refractivity contribution >= 4 is 5.69 Å². The van der Waals surface area contributed by atoms with Crippen molar-refractivity contribution in [2.75, 3.05) is 18.0 Å². The molecule has 0 spiro atoms. The Hall–Kier alpha value is -2.10. The second-order valence-corrected chi connectivity index (χ2v) is 4.55. The van der Waals surface area contributed by atoms with Gasteiger partial charge >= 0.3 is 0 Å². The first-order valence-electron chi connectivity index (χ1n) is 6.39. The van der Waals surface area contributed by atoms with Crippen LogP contribution in [0.4, 0.5) is 5.69 Å². The van der Waals surface area contributed by atoms with E-state index in [0.717, 1.165) is 24.3 Å². The smallest absolute Gasteiger partial charge is 0.268 e. The molecular weight excluding hydrogens is 242 g/mol. The van der Waals surface area contributed by atoms with Gasteiger partial charge in [0.15, 0.2) is 5.75 Å². The van der Waals surface area contributed by atoms with Gasteiger partial charge in [-0.3, -0.25) is 9.59 Å². The first-order valence-corrected chi connectivity index (χ1v) is 6.39. The highest BCUT2D eigenvalue weighted by molar-refractivity contribution is 5.77. The maximum absolute atomic E-state index is 11.5. The monoisotopic (exact) mass is 259 g/mol. The number of aromatic hydroxyl groups is 1. The Morgan fingerprint density at radius 1 is 1.11 bits per heavy atom. The molecular formula is C15H17NO3. The molecule has 4 nitrogen and oxygen atoms in total. The molecule has 0 aliphatic rings. The van der Waals surface area contributed by atoms with Crippen LogP contribution in [-0.2, 0) is 0 Å². The molecule has 0 radical (unpaired) electrons. The van der Waals surface area contributed by atoms with Crippen molar-refractivity contribution in [1.82, 2.24) is 0 Å². The van der Waals surface area contributed by atoms with Gasteiger partial charge in [-0.05, 0) is 44.0 Å². The van der Waals surface area contributed by atoms with Crippen molar-refractivity contribution < 1.29 is 5.11 Å². The zero-order valence-corrected chi connectivity index (χ0v) is 11.4. The molecule has 0 saturated heterocycles. The highest BCUT2D eigenvalue weighted by atomic mass is 16.3. The third-order valence-electron chi connectivity index (χ3n) is 3.49. The highest BCUT2D eigenvalue weighted by Gasteiger charge is 2.22. The van der Waals surface area contributed by atoms with Gasteiger partial charge in [-0.15, -0.1) is 0 Å². The first kappa shape index (κ1) is 13.3. The number of aryl methyl sites for hydroxylation is 1. The van der Waals surface area contributed by atoms with Gasteiger partial charge in [0.25, 0.3) is 5.43 Å². The zero-order valence-electron chi connectivity index (χ0n) is 11.4. The van der Waals surface area contributed by atoms with E-state index < -0.39 is 16.6 Å². The summed E-state index contributed by atoms with van der Waals surface area (Å²) in [5.74, 6) is -0.413. The first-order chi connectivity index (χ1) is 9.01. The van der Waals surface area contributed by atoms with Crippen LogP contribution in [-0.4, -0.2) is 18.2 Å². The third kappa shape index (κ3) is 2.03. The lowest BCUT2D eigenvalue weighted by Crippen LogP contribution is -2.32. The molecule has 4 heteroatoms. The fraction of sp³-hybridized carbons (Fsp3) is 0.333. The number of rotatable bonds is 4. The van der Waals surface area contributed by atoms with E-state index in [-0.39, 0.29) is 5.56 Å². The van der Waals surface area contributed by atoms with E-state index in [4.69, 9.17) is 0 Å². The van der Waals surface area contributed by atoms with Crippen molar-refractivity contribution in [3.8, 4) is 16.9 Å². The lowest BCUT2D eigenvalue weighted by Gasteiger charge is -2.22. The molecule has 1 N–H and O–H groups in total. The van der Waals surface area contributed by atoms with Gasteiger partial charge in [0.1, 0.15) is 0 Å². The van der Waals surface area contributed by atoms with E-state index in [1.54, 1.807) is 6.07 Å². The van der Waals surface area contributed by atoms with E-state index in [1.165, 1.54) is 0 Å². The van der Waals surface area contributed by atoms with E-state index in [1.807, 2.05) is 19.1 Å². The minimum absolute atomic E-state index is 0.147. The summed E-state index contributed by atoms with van der Waals surface area (Å²) in [4.78, 5) is 24.7. The van der Waals surface area contributed by atoms with Crippen LogP contribution in [0.2, 0.25) is 0 Å². The molecule has 0 atom stereocenters. The SMILES string of the molecule is CCN(CC)c1ccc(-c2c(O)c(=O)c2=O)c(C)c1. The molecule has 0 saturated carbocycles. The van der Waals surface area contributed by atoms with Crippen LogP contribution < -0.4 is 15.8 Å². The highest BCUT2D eigenvalue weighted by Crippen LogP contribution is 2.30. The summed E-state index contributed by atoms with van der Waals surface area (Å²) in [6, 6.07) is 5.67. The molecule has 0 fully saturated rings. The predicted molar refractivity (Wildman–Crippen MR) is 76.8 cm³/mol. The molecule has 2 aromatic carbocycles. The van der Waals surface area contributed by atoms with Crippen LogP contribution in [0.3, 0.4) is 0 Å². The van der Waals surface area contributed by atoms with Crippen LogP contribution in [0.15, 0.2) is 27.8 Å². The van der Waals surface area contributed by atoms with Gasteiger partial charge in [-0.25, -0.2) is 0 Å². The van der Waals surface area contributed by atoms with Crippen molar-refractivity contribution in [3.63, 3.8) is 0 Å². The summed E-state index contributed by atoms with van der Waals surface area (Å²) >= 11 is 0. The van der Waals surface area contributed by atoms with Gasteiger partial charge in [0, 0.05) is 18.8 Å². The number of hydrogen-bond acceptors (Lipinski definition) is 4. The average Bonchev–Trinajstić information content (AvgIpc) is 2.42. The summed E-state index contributed by atoms with van der Waals surface area (Å²) < 4.78 is 0. The second kappa shape index (κ2) is 4.88. The molecule has 0 aliphatic heterocycles. The van der Waals surface area contributed by atoms with Crippen molar-refractivity contribution in [1.29, 1.82) is 0 Å². The molecule has 0 bridgehead atoms. The molecule has 0 aromatic heterocycles. The van der Waals surface area contributed by atoms with Crippen LogP contribution in [0.1, 0.15) is 19.4 Å². The Morgan fingerprint density at radius 2 is 1.74 bits per heavy atom. The van der Waals surface area contributed by atoms with E-state index in [9.17, 15) is 14.7 Å². The standard InChI is InChI=1S/C15H17NO3/c1-4-16(5-2)10-6-7-11(9(3)8-10)12-13(17)15(19)14(12)18/h6-8,17H,4-5H2,1-3H3. The van der Waals surface area contributed by atoms with Crippen LogP contribution in [0.25, 0.3) is 11.1 Å². The van der Waals surface area contributed by atoms with Crippen LogP contribution in [0.5, 0.6) is 5.75 Å². The molecule has 0 amide bonds. The van der Waals surface area contributed by atoms with E-state index in [2.05, 4.69) is 18.7 Å². The molecule has 2 rings (SSSR count). The summed E-state index contributed by atoms with van der Waals surface area (Å²) in [6.45, 7) is 7.84. The number of benzene rings is 1. The Kier molecular flexibility index (Phi) is 3.42. The fourth-order valence-corrected chi connectivity index (χ4v) is 2.34. The predicted octanol–water partition coefficient (Wildman–Crippen LogP) is 1.81. The number of hydrogen-bond donors (Lipinski definition) is 1. The maximum Gasteiger partial charge on any atom is 0.268 e. The number of nitrogens with zero attached hydrogens (tertiary/aromatic N) is 1. The molecule has 100 valence electrons. The van der Waals surface area contributed by atoms with Crippen molar-refractivity contribution in [3.05, 3.63) is 44.2 Å². The molecule has 0 aliphatic carbocycles. The summed E-state index contributed by atoms with van der Waals surface area (Å²) in [5.41, 5.74) is 1.35. The Balaban J connectivity index is 2.47. The van der Waals surface area contributed by atoms with E-state index in [0.29, 0.717) is 5.56 Å². The number of anilines is 1. The molecule has 0 unspecified atom stereocenters. The van der Waals surface area contributed by atoms with Gasteiger partial charge in [0.05, 0.1) is 5.56 Å². The average molecular weight is 259 g/mol. The molecule has 0 heterocycles. The lowest BCUT2D eigenvalue weighted by molar-refractivity contribution is 0.465. The fourth-order valence-electron chi connectivity index (χ4n) is 2.34. The van der Waals surface area contributed by atoms with Gasteiger partial charge < -0.3 is 10.0 Å². The zero-order chi connectivity index (χ0) is 14.2. The Bertz CT molecular complexity index is 677. The topological polar surface area (TPSA) is 57.6 Å². The van der Waals surface area contributed by atoms with E-state index >= 15 is 0 Å². The molecule has 2 aromatic rings. The van der Waals surface area contributed by atoms with Gasteiger partial charge in [-0.2, -0.15) is 0 Å². The summed E-state index contributed by atoms with van der Waals surface area (Å²) in [6.07, 6.45) is 0. The van der Waals surface area contributed by atoms with Crippen molar-refractivity contribution in [2.24, 2.45) is 0 Å². The second-order valence-electron chi connectivity index (χ2n) is 4.55. The van der Waals surface area contributed by atoms with Crippen LogP contribution in [0, 0.1) is 6.92 Å². The van der Waals surface area contributed by atoms with Crippen molar-refractivity contribution in [2.45, 2.75) is 20.8 Å². The minimum atomic E-state index is -0.790. The quantitative estimate of drug-likeness (QED) is 0.851. The summed E-state index contributed by atoms with van der Waals surface area (Å²) in [5, 5.41) is 9.49. The molecule has 19 heavy (non-hydrogen) atoms. The third-order valence-corrected chi connectivity index (χ3v) is 3.49. The summed E-state index contributed by atoms with van der Waals surface area (Å²) in [7, 11) is 0.